The van der Waals surface area contributed by atoms with Gasteiger partial charge in [0.25, 0.3) is 0 Å². The van der Waals surface area contributed by atoms with Crippen LogP contribution in [0.25, 0.3) is 0 Å². The third kappa shape index (κ3) is 5.98. The minimum absolute atomic E-state index is 0.681. The number of allylic oxidation sites excluding steroid dienone is 1. The summed E-state index contributed by atoms with van der Waals surface area (Å²) < 4.78 is 2.82. The predicted molar refractivity (Wildman–Crippen MR) is 56.0 cm³/mol. The number of ether oxygens (including phenoxy) is 1. The first-order valence-electron chi connectivity index (χ1n) is 3.26. The summed E-state index contributed by atoms with van der Waals surface area (Å²) in [5, 5.41) is 0.754. The standard InChI is InChI=1S/C6H11Cl2OPS/c1-3-4-9-5-6(2)10(7,8)11/h5H,3-4H2,1-2H3/b6-5+. The van der Waals surface area contributed by atoms with Crippen LogP contribution in [-0.4, -0.2) is 6.61 Å². The Bertz CT molecular complexity index is 187. The van der Waals surface area contributed by atoms with Crippen molar-refractivity contribution >= 4 is 39.0 Å². The molecule has 11 heavy (non-hydrogen) atoms. The van der Waals surface area contributed by atoms with Crippen molar-refractivity contribution in [3.8, 4) is 0 Å². The van der Waals surface area contributed by atoms with Gasteiger partial charge in [0.1, 0.15) is 4.74 Å². The summed E-state index contributed by atoms with van der Waals surface area (Å²) >= 11 is 16.3. The van der Waals surface area contributed by atoms with Crippen molar-refractivity contribution in [2.24, 2.45) is 0 Å². The van der Waals surface area contributed by atoms with E-state index in [4.69, 9.17) is 39.0 Å². The minimum Gasteiger partial charge on any atom is -0.501 e. The first-order valence-corrected chi connectivity index (χ1v) is 7.88. The van der Waals surface area contributed by atoms with E-state index in [1.165, 1.54) is 0 Å². The second kappa shape index (κ2) is 5.42. The highest BCUT2D eigenvalue weighted by atomic mass is 35.9. The lowest BCUT2D eigenvalue weighted by Crippen LogP contribution is -1.83. The van der Waals surface area contributed by atoms with E-state index in [-0.39, 0.29) is 0 Å². The van der Waals surface area contributed by atoms with E-state index in [1.54, 1.807) is 13.2 Å². The maximum absolute atomic E-state index is 5.71. The van der Waals surface area contributed by atoms with E-state index in [9.17, 15) is 0 Å². The molecule has 0 saturated carbocycles. The maximum atomic E-state index is 5.71. The average molecular weight is 233 g/mol. The number of hydrogen-bond donors (Lipinski definition) is 0. The van der Waals surface area contributed by atoms with E-state index < -0.39 is 4.74 Å². The Hall–Kier alpha value is 0.770. The minimum atomic E-state index is -2.28. The molecule has 0 aliphatic rings. The molecular formula is C6H11Cl2OPS. The summed E-state index contributed by atoms with van der Waals surface area (Å²) in [4.78, 5) is 0. The zero-order chi connectivity index (χ0) is 8.91. The molecule has 0 N–H and O–H groups in total. The van der Waals surface area contributed by atoms with Crippen molar-refractivity contribution < 1.29 is 4.74 Å². The van der Waals surface area contributed by atoms with Gasteiger partial charge in [-0.25, -0.2) is 0 Å². The molecule has 0 aromatic carbocycles. The highest BCUT2D eigenvalue weighted by Gasteiger charge is 2.10. The summed E-state index contributed by atoms with van der Waals surface area (Å²) in [6.45, 7) is 4.50. The smallest absolute Gasteiger partial charge is 0.146 e. The van der Waals surface area contributed by atoms with Gasteiger partial charge in [-0.05, 0) is 13.3 Å². The third-order valence-corrected chi connectivity index (χ3v) is 4.38. The third-order valence-electron chi connectivity index (χ3n) is 0.986. The fraction of sp³-hybridized carbons (Fsp3) is 0.667. The number of rotatable bonds is 4. The molecule has 0 aromatic rings. The van der Waals surface area contributed by atoms with Gasteiger partial charge in [0.2, 0.25) is 0 Å². The van der Waals surface area contributed by atoms with Crippen molar-refractivity contribution in [1.82, 2.24) is 0 Å². The van der Waals surface area contributed by atoms with Gasteiger partial charge in [-0.15, -0.1) is 0 Å². The van der Waals surface area contributed by atoms with Crippen LogP contribution in [0.3, 0.4) is 0 Å². The number of hydrogen-bond acceptors (Lipinski definition) is 2. The summed E-state index contributed by atoms with van der Waals surface area (Å²) in [5.74, 6) is 0. The van der Waals surface area contributed by atoms with Gasteiger partial charge in [0, 0.05) is 5.31 Å². The van der Waals surface area contributed by atoms with E-state index >= 15 is 0 Å². The molecule has 1 nitrogen and oxygen atoms in total. The van der Waals surface area contributed by atoms with Crippen molar-refractivity contribution in [3.63, 3.8) is 0 Å². The van der Waals surface area contributed by atoms with Gasteiger partial charge < -0.3 is 4.74 Å². The van der Waals surface area contributed by atoms with Crippen LogP contribution >= 0.6 is 27.2 Å². The molecule has 0 fully saturated rings. The number of halogens is 2. The van der Waals surface area contributed by atoms with Crippen LogP contribution in [0.2, 0.25) is 0 Å². The molecule has 5 heteroatoms. The van der Waals surface area contributed by atoms with Gasteiger partial charge in [0.05, 0.1) is 12.9 Å². The second-order valence-electron chi connectivity index (χ2n) is 2.09. The van der Waals surface area contributed by atoms with Crippen LogP contribution < -0.4 is 0 Å². The van der Waals surface area contributed by atoms with Gasteiger partial charge in [-0.2, -0.15) is 0 Å². The Morgan fingerprint density at radius 2 is 2.18 bits per heavy atom. The summed E-state index contributed by atoms with van der Waals surface area (Å²) in [7, 11) is 0. The van der Waals surface area contributed by atoms with Gasteiger partial charge in [0.15, 0.2) is 0 Å². The van der Waals surface area contributed by atoms with E-state index in [1.807, 2.05) is 6.92 Å². The Morgan fingerprint density at radius 3 is 2.55 bits per heavy atom. The molecule has 0 heterocycles. The van der Waals surface area contributed by atoms with Crippen LogP contribution in [0, 0.1) is 0 Å². The van der Waals surface area contributed by atoms with Crippen LogP contribution in [0.1, 0.15) is 20.3 Å². The van der Waals surface area contributed by atoms with Crippen LogP contribution in [-0.2, 0) is 16.5 Å². The van der Waals surface area contributed by atoms with E-state index in [0.717, 1.165) is 11.7 Å². The quantitative estimate of drug-likeness (QED) is 0.411. The summed E-state index contributed by atoms with van der Waals surface area (Å²) in [6.07, 6.45) is 2.53. The molecule has 0 aliphatic heterocycles. The molecule has 0 atom stereocenters. The Balaban J connectivity index is 3.92. The monoisotopic (exact) mass is 232 g/mol. The molecule has 0 spiro atoms. The van der Waals surface area contributed by atoms with Gasteiger partial charge in [-0.1, -0.05) is 41.2 Å². The Morgan fingerprint density at radius 1 is 1.64 bits per heavy atom. The fourth-order valence-corrected chi connectivity index (χ4v) is 0.924. The van der Waals surface area contributed by atoms with Crippen molar-refractivity contribution in [1.29, 1.82) is 0 Å². The van der Waals surface area contributed by atoms with Crippen molar-refractivity contribution in [3.05, 3.63) is 11.6 Å². The van der Waals surface area contributed by atoms with Crippen LogP contribution in [0.5, 0.6) is 0 Å². The molecule has 0 aliphatic carbocycles. The predicted octanol–water partition coefficient (Wildman–Crippen LogP) is 4.06. The first kappa shape index (κ1) is 11.8. The fourth-order valence-electron chi connectivity index (χ4n) is 0.359. The van der Waals surface area contributed by atoms with Crippen LogP contribution in [0.15, 0.2) is 11.6 Å². The highest BCUT2D eigenvalue weighted by Crippen LogP contribution is 2.63. The maximum Gasteiger partial charge on any atom is 0.146 e. The van der Waals surface area contributed by atoms with E-state index in [0.29, 0.717) is 6.61 Å². The van der Waals surface area contributed by atoms with Crippen molar-refractivity contribution in [2.45, 2.75) is 20.3 Å². The molecule has 0 saturated heterocycles. The molecule has 66 valence electrons. The zero-order valence-corrected chi connectivity index (χ0v) is 9.73. The summed E-state index contributed by atoms with van der Waals surface area (Å²) in [6, 6.07) is 0. The first-order chi connectivity index (χ1) is 4.98. The lowest BCUT2D eigenvalue weighted by atomic mass is 10.5. The molecule has 0 aromatic heterocycles. The van der Waals surface area contributed by atoms with E-state index in [2.05, 4.69) is 0 Å². The molecule has 0 amide bonds. The normalized spacial score (nSPS) is 13.3. The van der Waals surface area contributed by atoms with Gasteiger partial charge in [-0.3, -0.25) is 0 Å². The molecule has 0 radical (unpaired) electrons. The lowest BCUT2D eigenvalue weighted by Gasteiger charge is -2.05. The molecule has 0 bridgehead atoms. The second-order valence-corrected chi connectivity index (χ2v) is 10.1. The van der Waals surface area contributed by atoms with Gasteiger partial charge >= 0.3 is 0 Å². The van der Waals surface area contributed by atoms with Crippen LogP contribution in [0.4, 0.5) is 0 Å². The lowest BCUT2D eigenvalue weighted by molar-refractivity contribution is 0.249. The molecule has 0 rings (SSSR count). The largest absolute Gasteiger partial charge is 0.501 e. The highest BCUT2D eigenvalue weighted by molar-refractivity contribution is 8.40. The Kier molecular flexibility index (Phi) is 5.80. The molecular weight excluding hydrogens is 222 g/mol. The zero-order valence-electron chi connectivity index (χ0n) is 6.51. The summed E-state index contributed by atoms with van der Waals surface area (Å²) in [5.41, 5.74) is 0. The topological polar surface area (TPSA) is 9.23 Å². The SMILES string of the molecule is CCCO/C=C(\C)P(=S)(Cl)Cl. The van der Waals surface area contributed by atoms with Crippen molar-refractivity contribution in [2.75, 3.05) is 6.61 Å². The average Bonchev–Trinajstić information content (AvgIpc) is 1.86. The Labute approximate surface area is 82.3 Å². The molecule has 0 unspecified atom stereocenters.